The SMILES string of the molecule is Cc1ccc(NC(=O)c2cnn3c2C[C@H](CNC(=O)c2cccnc2)CC3)c(=O)[nH]1. The third-order valence-electron chi connectivity index (χ3n) is 5.20. The van der Waals surface area contributed by atoms with E-state index in [1.54, 1.807) is 37.4 Å². The van der Waals surface area contributed by atoms with Gasteiger partial charge in [0, 0.05) is 31.2 Å². The zero-order valence-corrected chi connectivity index (χ0v) is 16.5. The van der Waals surface area contributed by atoms with Crippen LogP contribution in [0.15, 0.2) is 47.7 Å². The van der Waals surface area contributed by atoms with Crippen molar-refractivity contribution in [3.63, 3.8) is 0 Å². The molecule has 1 aliphatic heterocycles. The van der Waals surface area contributed by atoms with Crippen LogP contribution in [-0.4, -0.2) is 38.1 Å². The molecule has 3 N–H and O–H groups in total. The smallest absolute Gasteiger partial charge is 0.271 e. The maximum absolute atomic E-state index is 12.7. The standard InChI is InChI=1S/C21H22N6O3/c1-13-4-5-17(21(30)25-13)26-20(29)16-12-24-27-8-6-14(9-18(16)27)10-23-19(28)15-3-2-7-22-11-15/h2-5,7,11-12,14H,6,8-10H2,1H3,(H,23,28)(H,25,30)(H,26,29)/t14-/m1/s1. The van der Waals surface area contributed by atoms with Gasteiger partial charge in [0.05, 0.1) is 23.0 Å². The van der Waals surface area contributed by atoms with E-state index in [1.165, 1.54) is 12.4 Å². The van der Waals surface area contributed by atoms with Gasteiger partial charge in [0.1, 0.15) is 5.69 Å². The lowest BCUT2D eigenvalue weighted by atomic mass is 9.94. The highest BCUT2D eigenvalue weighted by molar-refractivity contribution is 6.04. The summed E-state index contributed by atoms with van der Waals surface area (Å²) in [5, 5.41) is 9.91. The number of aromatic nitrogens is 4. The third kappa shape index (κ3) is 4.14. The van der Waals surface area contributed by atoms with Crippen LogP contribution in [0.2, 0.25) is 0 Å². The quantitative estimate of drug-likeness (QED) is 0.593. The Kier molecular flexibility index (Phi) is 5.42. The Hall–Kier alpha value is -3.75. The zero-order valence-electron chi connectivity index (χ0n) is 16.5. The number of fused-ring (bicyclic) bond motifs is 1. The van der Waals surface area contributed by atoms with Gasteiger partial charge >= 0.3 is 0 Å². The van der Waals surface area contributed by atoms with Crippen LogP contribution in [0.5, 0.6) is 0 Å². The summed E-state index contributed by atoms with van der Waals surface area (Å²) in [5.41, 5.74) is 2.34. The lowest BCUT2D eigenvalue weighted by molar-refractivity contribution is 0.0942. The number of carbonyl (C=O) groups is 2. The van der Waals surface area contributed by atoms with E-state index in [-0.39, 0.29) is 29.0 Å². The summed E-state index contributed by atoms with van der Waals surface area (Å²) < 4.78 is 1.81. The van der Waals surface area contributed by atoms with Gasteiger partial charge in [-0.15, -0.1) is 0 Å². The summed E-state index contributed by atoms with van der Waals surface area (Å²) in [6.07, 6.45) is 6.14. The molecular formula is C21H22N6O3. The first-order chi connectivity index (χ1) is 14.5. The molecule has 0 spiro atoms. The Morgan fingerprint density at radius 3 is 2.87 bits per heavy atom. The van der Waals surface area contributed by atoms with Crippen molar-refractivity contribution >= 4 is 17.5 Å². The summed E-state index contributed by atoms with van der Waals surface area (Å²) in [6.45, 7) is 2.94. The predicted molar refractivity (Wildman–Crippen MR) is 110 cm³/mol. The molecule has 4 heterocycles. The van der Waals surface area contributed by atoms with Crippen molar-refractivity contribution in [2.45, 2.75) is 26.3 Å². The fourth-order valence-corrected chi connectivity index (χ4v) is 3.56. The second-order valence-electron chi connectivity index (χ2n) is 7.38. The molecule has 4 rings (SSSR count). The molecule has 1 atom stereocenters. The van der Waals surface area contributed by atoms with Gasteiger partial charge in [-0.05, 0) is 49.9 Å². The number of nitrogens with one attached hydrogen (secondary N) is 3. The van der Waals surface area contributed by atoms with Gasteiger partial charge in [-0.3, -0.25) is 24.0 Å². The fourth-order valence-electron chi connectivity index (χ4n) is 3.56. The first-order valence-electron chi connectivity index (χ1n) is 9.75. The van der Waals surface area contributed by atoms with Crippen LogP contribution < -0.4 is 16.2 Å². The molecule has 1 aliphatic rings. The Balaban J connectivity index is 1.42. The van der Waals surface area contributed by atoms with Gasteiger partial charge in [0.25, 0.3) is 17.4 Å². The molecule has 0 unspecified atom stereocenters. The highest BCUT2D eigenvalue weighted by Crippen LogP contribution is 2.23. The molecule has 30 heavy (non-hydrogen) atoms. The number of amides is 2. The van der Waals surface area contributed by atoms with Crippen molar-refractivity contribution in [1.29, 1.82) is 0 Å². The predicted octanol–water partition coefficient (Wildman–Crippen LogP) is 1.52. The normalized spacial score (nSPS) is 15.3. The Morgan fingerprint density at radius 2 is 2.10 bits per heavy atom. The number of carbonyl (C=O) groups excluding carboxylic acids is 2. The van der Waals surface area contributed by atoms with E-state index in [4.69, 9.17) is 0 Å². The van der Waals surface area contributed by atoms with Gasteiger partial charge in [0.2, 0.25) is 0 Å². The largest absolute Gasteiger partial charge is 0.352 e. The molecule has 3 aromatic rings. The number of anilines is 1. The van der Waals surface area contributed by atoms with Crippen LogP contribution >= 0.6 is 0 Å². The fraction of sp³-hybridized carbons (Fsp3) is 0.286. The lowest BCUT2D eigenvalue weighted by Gasteiger charge is -2.24. The number of hydrogen-bond acceptors (Lipinski definition) is 5. The van der Waals surface area contributed by atoms with Gasteiger partial charge in [-0.25, -0.2) is 0 Å². The molecule has 9 nitrogen and oxygen atoms in total. The minimum absolute atomic E-state index is 0.168. The summed E-state index contributed by atoms with van der Waals surface area (Å²) >= 11 is 0. The first-order valence-corrected chi connectivity index (χ1v) is 9.75. The monoisotopic (exact) mass is 406 g/mol. The minimum Gasteiger partial charge on any atom is -0.352 e. The second kappa shape index (κ2) is 8.32. The molecule has 0 aliphatic carbocycles. The van der Waals surface area contributed by atoms with Crippen LogP contribution in [0.1, 0.15) is 38.5 Å². The van der Waals surface area contributed by atoms with E-state index in [9.17, 15) is 14.4 Å². The molecule has 9 heteroatoms. The van der Waals surface area contributed by atoms with E-state index >= 15 is 0 Å². The Labute approximate surface area is 172 Å². The highest BCUT2D eigenvalue weighted by atomic mass is 16.2. The Morgan fingerprint density at radius 1 is 1.23 bits per heavy atom. The van der Waals surface area contributed by atoms with Crippen LogP contribution in [0.4, 0.5) is 5.69 Å². The topological polar surface area (TPSA) is 122 Å². The van der Waals surface area contributed by atoms with Crippen molar-refractivity contribution in [2.24, 2.45) is 5.92 Å². The summed E-state index contributed by atoms with van der Waals surface area (Å²) in [6, 6.07) is 6.75. The number of pyridine rings is 2. The summed E-state index contributed by atoms with van der Waals surface area (Å²) in [7, 11) is 0. The molecule has 3 aromatic heterocycles. The van der Waals surface area contributed by atoms with Crippen LogP contribution in [0, 0.1) is 12.8 Å². The summed E-state index contributed by atoms with van der Waals surface area (Å²) in [5.74, 6) is -0.353. The molecular weight excluding hydrogens is 384 g/mol. The maximum Gasteiger partial charge on any atom is 0.271 e. The molecule has 0 bridgehead atoms. The average Bonchev–Trinajstić information content (AvgIpc) is 3.18. The van der Waals surface area contributed by atoms with Crippen molar-refractivity contribution in [3.8, 4) is 0 Å². The first kappa shape index (κ1) is 19.6. The van der Waals surface area contributed by atoms with Gasteiger partial charge in [0.15, 0.2) is 0 Å². The zero-order chi connectivity index (χ0) is 21.1. The van der Waals surface area contributed by atoms with Crippen molar-refractivity contribution < 1.29 is 9.59 Å². The number of hydrogen-bond donors (Lipinski definition) is 3. The van der Waals surface area contributed by atoms with E-state index in [0.717, 1.165) is 17.8 Å². The minimum atomic E-state index is -0.370. The number of aryl methyl sites for hydroxylation is 2. The molecule has 0 saturated heterocycles. The Bertz CT molecular complexity index is 1140. The molecule has 0 radical (unpaired) electrons. The number of aromatic amines is 1. The number of H-pyrrole nitrogens is 1. The maximum atomic E-state index is 12.7. The number of nitrogens with zero attached hydrogens (tertiary/aromatic N) is 3. The van der Waals surface area contributed by atoms with Crippen LogP contribution in [-0.2, 0) is 13.0 Å². The average molecular weight is 406 g/mol. The molecule has 0 fully saturated rings. The van der Waals surface area contributed by atoms with Gasteiger partial charge in [-0.1, -0.05) is 0 Å². The van der Waals surface area contributed by atoms with Gasteiger partial charge in [-0.2, -0.15) is 5.10 Å². The van der Waals surface area contributed by atoms with E-state index < -0.39 is 0 Å². The molecule has 0 aromatic carbocycles. The van der Waals surface area contributed by atoms with Crippen molar-refractivity contribution in [1.82, 2.24) is 25.1 Å². The highest BCUT2D eigenvalue weighted by Gasteiger charge is 2.26. The van der Waals surface area contributed by atoms with E-state index in [0.29, 0.717) is 30.6 Å². The lowest BCUT2D eigenvalue weighted by Crippen LogP contribution is -2.34. The molecule has 2 amide bonds. The van der Waals surface area contributed by atoms with Crippen molar-refractivity contribution in [2.75, 3.05) is 11.9 Å². The van der Waals surface area contributed by atoms with E-state index in [1.807, 2.05) is 4.68 Å². The van der Waals surface area contributed by atoms with Crippen LogP contribution in [0.3, 0.4) is 0 Å². The van der Waals surface area contributed by atoms with Crippen molar-refractivity contribution in [3.05, 3.63) is 75.7 Å². The third-order valence-corrected chi connectivity index (χ3v) is 5.20. The van der Waals surface area contributed by atoms with Crippen LogP contribution in [0.25, 0.3) is 0 Å². The van der Waals surface area contributed by atoms with E-state index in [2.05, 4.69) is 25.7 Å². The van der Waals surface area contributed by atoms with Gasteiger partial charge < -0.3 is 15.6 Å². The number of rotatable bonds is 5. The second-order valence-corrected chi connectivity index (χ2v) is 7.38. The molecule has 0 saturated carbocycles. The molecule has 154 valence electrons. The summed E-state index contributed by atoms with van der Waals surface area (Å²) in [4.78, 5) is 43.6.